The third-order valence-electron chi connectivity index (χ3n) is 5.69. The van der Waals surface area contributed by atoms with Crippen LogP contribution in [0.5, 0.6) is 5.75 Å². The molecular weight excluding hydrogens is 448 g/mol. The summed E-state index contributed by atoms with van der Waals surface area (Å²) in [6.07, 6.45) is 1.44. The van der Waals surface area contributed by atoms with Crippen molar-refractivity contribution in [3.8, 4) is 5.75 Å². The second-order valence-corrected chi connectivity index (χ2v) is 10.4. The Bertz CT molecular complexity index is 1190. The van der Waals surface area contributed by atoms with Crippen LogP contribution < -0.4 is 10.2 Å². The zero-order valence-corrected chi connectivity index (χ0v) is 19.2. The second-order valence-electron chi connectivity index (χ2n) is 7.56. The van der Waals surface area contributed by atoms with E-state index in [0.717, 1.165) is 22.4 Å². The van der Waals surface area contributed by atoms with E-state index in [0.29, 0.717) is 12.2 Å². The van der Waals surface area contributed by atoms with Gasteiger partial charge < -0.3 is 4.74 Å². The van der Waals surface area contributed by atoms with Gasteiger partial charge in [-0.15, -0.1) is 11.3 Å². The number of nitrogens with one attached hydrogen (secondary N) is 1. The number of fused-ring (bicyclic) bond motifs is 1. The van der Waals surface area contributed by atoms with Crippen LogP contribution in [0.25, 0.3) is 0 Å². The topological polar surface area (TPSA) is 95.9 Å². The summed E-state index contributed by atoms with van der Waals surface area (Å²) in [7, 11) is -2.47. The van der Waals surface area contributed by atoms with Gasteiger partial charge in [-0.25, -0.2) is 13.9 Å². The maximum atomic E-state index is 13.4. The number of hydroxylamine groups is 1. The van der Waals surface area contributed by atoms with Crippen LogP contribution in [0.1, 0.15) is 21.6 Å². The van der Waals surface area contributed by atoms with Gasteiger partial charge in [0.2, 0.25) is 10.0 Å². The molecule has 7 nitrogen and oxygen atoms in total. The Morgan fingerprint density at radius 3 is 2.56 bits per heavy atom. The van der Waals surface area contributed by atoms with Gasteiger partial charge in [0.05, 0.1) is 12.0 Å². The van der Waals surface area contributed by atoms with Crippen molar-refractivity contribution in [2.24, 2.45) is 0 Å². The van der Waals surface area contributed by atoms with E-state index in [4.69, 9.17) is 4.74 Å². The van der Waals surface area contributed by atoms with Crippen LogP contribution in [-0.2, 0) is 34.1 Å². The van der Waals surface area contributed by atoms with E-state index in [1.165, 1.54) is 40.4 Å². The first-order chi connectivity index (χ1) is 15.4. The minimum Gasteiger partial charge on any atom is -0.497 e. The van der Waals surface area contributed by atoms with Gasteiger partial charge in [0.25, 0.3) is 5.91 Å². The maximum absolute atomic E-state index is 13.4. The molecule has 168 valence electrons. The van der Waals surface area contributed by atoms with Crippen LogP contribution in [0.15, 0.2) is 64.9 Å². The monoisotopic (exact) mass is 472 g/mol. The first-order valence-electron chi connectivity index (χ1n) is 10.2. The number of hydrogen-bond acceptors (Lipinski definition) is 6. The van der Waals surface area contributed by atoms with Crippen LogP contribution in [-0.4, -0.2) is 43.5 Å². The van der Waals surface area contributed by atoms with Crippen molar-refractivity contribution in [2.45, 2.75) is 30.2 Å². The van der Waals surface area contributed by atoms with Crippen LogP contribution in [0, 0.1) is 0 Å². The van der Waals surface area contributed by atoms with E-state index in [1.807, 2.05) is 18.2 Å². The summed E-state index contributed by atoms with van der Waals surface area (Å²) < 4.78 is 33.2. The Labute approximate surface area is 191 Å². The Balaban J connectivity index is 1.67. The highest BCUT2D eigenvalue weighted by atomic mass is 32.2. The first kappa shape index (κ1) is 22.5. The zero-order valence-electron chi connectivity index (χ0n) is 17.5. The van der Waals surface area contributed by atoms with Gasteiger partial charge in [0.1, 0.15) is 11.8 Å². The van der Waals surface area contributed by atoms with E-state index in [-0.39, 0.29) is 17.9 Å². The normalized spacial score (nSPS) is 16.8. The molecule has 2 aromatic carbocycles. The number of amides is 1. The summed E-state index contributed by atoms with van der Waals surface area (Å²) >= 11 is 1.53. The average Bonchev–Trinajstić information content (AvgIpc) is 3.07. The lowest BCUT2D eigenvalue weighted by molar-refractivity contribution is -0.133. The van der Waals surface area contributed by atoms with Crippen molar-refractivity contribution in [2.75, 3.05) is 13.7 Å². The molecule has 1 aliphatic heterocycles. The molecule has 32 heavy (non-hydrogen) atoms. The number of nitrogens with zero attached hydrogens (tertiary/aromatic N) is 1. The Morgan fingerprint density at radius 1 is 1.19 bits per heavy atom. The number of carbonyl (C=O) groups is 1. The number of carbonyl (C=O) groups excluding carboxylic acids is 1. The van der Waals surface area contributed by atoms with E-state index in [2.05, 4.69) is 17.5 Å². The summed E-state index contributed by atoms with van der Waals surface area (Å²) in [6, 6.07) is 15.1. The summed E-state index contributed by atoms with van der Waals surface area (Å²) in [4.78, 5) is 13.6. The van der Waals surface area contributed by atoms with Crippen molar-refractivity contribution in [1.82, 2.24) is 9.79 Å². The molecule has 0 bridgehead atoms. The maximum Gasteiger partial charge on any atom is 0.262 e. The number of rotatable bonds is 6. The van der Waals surface area contributed by atoms with Gasteiger partial charge >= 0.3 is 0 Å². The molecule has 3 aromatic rings. The second kappa shape index (κ2) is 9.41. The molecule has 2 heterocycles. The number of methoxy groups -OCH3 is 1. The number of ether oxygens (including phenoxy) is 1. The molecule has 0 spiro atoms. The van der Waals surface area contributed by atoms with Gasteiger partial charge in [-0.05, 0) is 59.2 Å². The highest BCUT2D eigenvalue weighted by Gasteiger charge is 2.39. The van der Waals surface area contributed by atoms with Crippen molar-refractivity contribution in [3.05, 3.63) is 81.5 Å². The summed E-state index contributed by atoms with van der Waals surface area (Å²) in [5.41, 5.74) is 5.05. The molecule has 1 atom stereocenters. The van der Waals surface area contributed by atoms with Crippen LogP contribution in [0.3, 0.4) is 0 Å². The van der Waals surface area contributed by atoms with Crippen molar-refractivity contribution < 1.29 is 23.2 Å². The predicted octanol–water partition coefficient (Wildman–Crippen LogP) is 3.01. The average molecular weight is 473 g/mol. The molecule has 0 radical (unpaired) electrons. The fourth-order valence-corrected chi connectivity index (χ4v) is 6.75. The van der Waals surface area contributed by atoms with E-state index in [9.17, 15) is 18.4 Å². The fraction of sp³-hybridized carbons (Fsp3) is 0.261. The SMILES string of the molecule is COc1ccc(S(=O)(=O)N2CCc3c(Cc4ccccc4)csc3CC2C(=O)NO)cc1. The minimum atomic E-state index is -3.97. The molecule has 0 aliphatic carbocycles. The van der Waals surface area contributed by atoms with Gasteiger partial charge in [-0.3, -0.25) is 10.0 Å². The highest BCUT2D eigenvalue weighted by molar-refractivity contribution is 7.89. The summed E-state index contributed by atoms with van der Waals surface area (Å²) in [5, 5.41) is 11.4. The molecule has 1 amide bonds. The van der Waals surface area contributed by atoms with Crippen molar-refractivity contribution in [1.29, 1.82) is 0 Å². The quantitative estimate of drug-likeness (QED) is 0.425. The molecular formula is C23H24N2O5S2. The molecule has 9 heteroatoms. The van der Waals surface area contributed by atoms with Crippen molar-refractivity contribution in [3.63, 3.8) is 0 Å². The largest absolute Gasteiger partial charge is 0.497 e. The van der Waals surface area contributed by atoms with E-state index in [1.54, 1.807) is 17.6 Å². The third-order valence-corrected chi connectivity index (χ3v) is 8.71. The first-order valence-corrected chi connectivity index (χ1v) is 12.5. The molecule has 2 N–H and O–H groups in total. The smallest absolute Gasteiger partial charge is 0.262 e. The third kappa shape index (κ3) is 4.42. The van der Waals surface area contributed by atoms with Gasteiger partial charge in [-0.1, -0.05) is 30.3 Å². The van der Waals surface area contributed by atoms with Crippen LogP contribution >= 0.6 is 11.3 Å². The molecule has 4 rings (SSSR count). The standard InChI is InChI=1S/C23H24N2O5S2/c1-30-18-7-9-19(10-8-18)32(28,29)25-12-11-20-17(13-16-5-3-2-4-6-16)15-31-22(20)14-21(25)23(26)24-27/h2-10,15,21,27H,11-14H2,1H3,(H,24,26). The van der Waals surface area contributed by atoms with E-state index >= 15 is 0 Å². The molecule has 0 saturated carbocycles. The van der Waals surface area contributed by atoms with Gasteiger partial charge in [-0.2, -0.15) is 4.31 Å². The fourth-order valence-electron chi connectivity index (χ4n) is 4.02. The molecule has 1 aliphatic rings. The molecule has 1 aromatic heterocycles. The zero-order chi connectivity index (χ0) is 22.7. The number of benzene rings is 2. The van der Waals surface area contributed by atoms with E-state index < -0.39 is 22.0 Å². The summed E-state index contributed by atoms with van der Waals surface area (Å²) in [5.74, 6) is -0.204. The van der Waals surface area contributed by atoms with Crippen LogP contribution in [0.4, 0.5) is 0 Å². The predicted molar refractivity (Wildman–Crippen MR) is 122 cm³/mol. The Morgan fingerprint density at radius 2 is 1.91 bits per heavy atom. The Hall–Kier alpha value is -2.72. The lowest BCUT2D eigenvalue weighted by Crippen LogP contribution is -2.49. The number of thiophene rings is 1. The number of sulfonamides is 1. The number of hydrogen-bond donors (Lipinski definition) is 2. The molecule has 1 unspecified atom stereocenters. The molecule has 0 saturated heterocycles. The minimum absolute atomic E-state index is 0.0730. The molecule has 0 fully saturated rings. The van der Waals surface area contributed by atoms with Crippen molar-refractivity contribution >= 4 is 27.3 Å². The lowest BCUT2D eigenvalue weighted by Gasteiger charge is -2.27. The van der Waals surface area contributed by atoms with Gasteiger partial charge in [0, 0.05) is 17.8 Å². The van der Waals surface area contributed by atoms with Crippen LogP contribution in [0.2, 0.25) is 0 Å². The Kier molecular flexibility index (Phi) is 6.61. The van der Waals surface area contributed by atoms with Gasteiger partial charge in [0.15, 0.2) is 0 Å². The highest BCUT2D eigenvalue weighted by Crippen LogP contribution is 2.33. The summed E-state index contributed by atoms with van der Waals surface area (Å²) in [6.45, 7) is 0.137. The lowest BCUT2D eigenvalue weighted by atomic mass is 10.00.